The van der Waals surface area contributed by atoms with Crippen LogP contribution in [0.15, 0.2) is 34.9 Å². The molecule has 0 bridgehead atoms. The predicted octanol–water partition coefficient (Wildman–Crippen LogP) is 5.01. The number of aliphatic carboxylic acids is 1. The number of rotatable bonds is 5. The van der Waals surface area contributed by atoms with Crippen LogP contribution in [-0.4, -0.2) is 22.3 Å². The lowest BCUT2D eigenvalue weighted by Crippen LogP contribution is -2.26. The molecule has 130 valence electrons. The number of aryl methyl sites for hydroxylation is 1. The maximum absolute atomic E-state index is 11.2. The van der Waals surface area contributed by atoms with Gasteiger partial charge >= 0.3 is 5.97 Å². The van der Waals surface area contributed by atoms with Crippen molar-refractivity contribution in [2.45, 2.75) is 33.3 Å². The van der Waals surface area contributed by atoms with Gasteiger partial charge in [0.05, 0.1) is 5.39 Å². The van der Waals surface area contributed by atoms with Crippen molar-refractivity contribution in [3.05, 3.63) is 46.5 Å². The molecule has 0 saturated heterocycles. The van der Waals surface area contributed by atoms with Gasteiger partial charge in [0.15, 0.2) is 11.7 Å². The van der Waals surface area contributed by atoms with Crippen molar-refractivity contribution in [3.8, 4) is 17.0 Å². The van der Waals surface area contributed by atoms with Gasteiger partial charge in [-0.05, 0) is 43.5 Å². The third-order valence-corrected chi connectivity index (χ3v) is 4.68. The number of carbonyl (C=O) groups is 1. The van der Waals surface area contributed by atoms with Crippen molar-refractivity contribution in [1.82, 2.24) is 5.16 Å². The highest BCUT2D eigenvalue weighted by molar-refractivity contribution is 6.36. The Kier molecular flexibility index (Phi) is 4.68. The zero-order valence-electron chi connectivity index (χ0n) is 14.2. The van der Waals surface area contributed by atoms with Gasteiger partial charge in [-0.3, -0.25) is 0 Å². The Morgan fingerprint density at radius 3 is 2.76 bits per heavy atom. The Labute approximate surface area is 150 Å². The van der Waals surface area contributed by atoms with Crippen LogP contribution in [0, 0.1) is 13.8 Å². The molecular formula is C19H18ClNO4. The minimum absolute atomic E-state index is 0.223. The molecule has 0 fully saturated rings. The molecule has 0 amide bonds. The van der Waals surface area contributed by atoms with Crippen LogP contribution in [0.1, 0.15) is 24.5 Å². The summed E-state index contributed by atoms with van der Waals surface area (Å²) < 4.78 is 10.9. The molecule has 5 nitrogen and oxygen atoms in total. The van der Waals surface area contributed by atoms with E-state index in [4.69, 9.17) is 26.0 Å². The molecule has 0 spiro atoms. The molecule has 0 aliphatic heterocycles. The van der Waals surface area contributed by atoms with Crippen LogP contribution < -0.4 is 4.74 Å². The van der Waals surface area contributed by atoms with E-state index >= 15 is 0 Å². The highest BCUT2D eigenvalue weighted by Gasteiger charge is 2.22. The molecule has 1 heterocycles. The second-order valence-electron chi connectivity index (χ2n) is 5.89. The number of hydrogen-bond acceptors (Lipinski definition) is 4. The van der Waals surface area contributed by atoms with E-state index in [2.05, 4.69) is 5.16 Å². The SMILES string of the molecule is CCC(Oc1ccc2c(-c3cccc(C)c3C)noc2c1Cl)C(=O)O. The average molecular weight is 360 g/mol. The van der Waals surface area contributed by atoms with Gasteiger partial charge in [-0.15, -0.1) is 0 Å². The average Bonchev–Trinajstić information content (AvgIpc) is 3.01. The maximum Gasteiger partial charge on any atom is 0.344 e. The fraction of sp³-hybridized carbons (Fsp3) is 0.263. The first-order valence-electron chi connectivity index (χ1n) is 7.98. The zero-order valence-corrected chi connectivity index (χ0v) is 14.9. The first-order valence-corrected chi connectivity index (χ1v) is 8.35. The fourth-order valence-electron chi connectivity index (χ4n) is 2.71. The van der Waals surface area contributed by atoms with Gasteiger partial charge < -0.3 is 14.4 Å². The van der Waals surface area contributed by atoms with Gasteiger partial charge in [0.1, 0.15) is 16.5 Å². The zero-order chi connectivity index (χ0) is 18.1. The Morgan fingerprint density at radius 1 is 1.32 bits per heavy atom. The molecule has 3 aromatic rings. The van der Waals surface area contributed by atoms with E-state index in [-0.39, 0.29) is 10.8 Å². The van der Waals surface area contributed by atoms with Gasteiger partial charge in [-0.2, -0.15) is 0 Å². The molecule has 0 saturated carbocycles. The van der Waals surface area contributed by atoms with E-state index in [1.54, 1.807) is 19.1 Å². The molecule has 0 radical (unpaired) electrons. The Balaban J connectivity index is 2.08. The topological polar surface area (TPSA) is 72.6 Å². The summed E-state index contributed by atoms with van der Waals surface area (Å²) in [5, 5.41) is 14.3. The summed E-state index contributed by atoms with van der Waals surface area (Å²) in [5.41, 5.74) is 4.34. The summed E-state index contributed by atoms with van der Waals surface area (Å²) in [6, 6.07) is 9.43. The molecular weight excluding hydrogens is 342 g/mol. The van der Waals surface area contributed by atoms with Crippen molar-refractivity contribution < 1.29 is 19.2 Å². The van der Waals surface area contributed by atoms with Crippen molar-refractivity contribution in [1.29, 1.82) is 0 Å². The number of ether oxygens (including phenoxy) is 1. The van der Waals surface area contributed by atoms with Gasteiger partial charge in [0.2, 0.25) is 0 Å². The van der Waals surface area contributed by atoms with Crippen LogP contribution in [0.3, 0.4) is 0 Å². The van der Waals surface area contributed by atoms with Crippen LogP contribution in [0.2, 0.25) is 5.02 Å². The van der Waals surface area contributed by atoms with E-state index in [1.807, 2.05) is 32.0 Å². The van der Waals surface area contributed by atoms with E-state index in [0.717, 1.165) is 22.1 Å². The van der Waals surface area contributed by atoms with E-state index < -0.39 is 12.1 Å². The number of carboxylic acids is 1. The monoisotopic (exact) mass is 359 g/mol. The highest BCUT2D eigenvalue weighted by atomic mass is 35.5. The van der Waals surface area contributed by atoms with Crippen LogP contribution in [0.5, 0.6) is 5.75 Å². The van der Waals surface area contributed by atoms with Crippen LogP contribution in [0.4, 0.5) is 0 Å². The molecule has 6 heteroatoms. The predicted molar refractivity (Wildman–Crippen MR) is 96.3 cm³/mol. The van der Waals surface area contributed by atoms with Crippen molar-refractivity contribution in [2.24, 2.45) is 0 Å². The summed E-state index contributed by atoms with van der Waals surface area (Å²) in [4.78, 5) is 11.2. The molecule has 0 aliphatic rings. The van der Waals surface area contributed by atoms with E-state index in [0.29, 0.717) is 17.7 Å². The third-order valence-electron chi connectivity index (χ3n) is 4.32. The van der Waals surface area contributed by atoms with Crippen LogP contribution in [-0.2, 0) is 4.79 Å². The smallest absolute Gasteiger partial charge is 0.344 e. The number of hydrogen-bond donors (Lipinski definition) is 1. The number of fused-ring (bicyclic) bond motifs is 1. The lowest BCUT2D eigenvalue weighted by atomic mass is 9.99. The Hall–Kier alpha value is -2.53. The highest BCUT2D eigenvalue weighted by Crippen LogP contribution is 2.39. The van der Waals surface area contributed by atoms with E-state index in [9.17, 15) is 4.79 Å². The molecule has 0 aliphatic carbocycles. The van der Waals surface area contributed by atoms with Gasteiger partial charge in [0.25, 0.3) is 0 Å². The van der Waals surface area contributed by atoms with Crippen molar-refractivity contribution >= 4 is 28.5 Å². The number of carboxylic acid groups (broad SMARTS) is 1. The quantitative estimate of drug-likeness (QED) is 0.693. The second kappa shape index (κ2) is 6.76. The first-order chi connectivity index (χ1) is 11.9. The summed E-state index contributed by atoms with van der Waals surface area (Å²) in [6.45, 7) is 5.80. The Bertz CT molecular complexity index is 948. The number of halogens is 1. The minimum atomic E-state index is -1.03. The van der Waals surface area contributed by atoms with Crippen LogP contribution in [0.25, 0.3) is 22.2 Å². The largest absolute Gasteiger partial charge is 0.479 e. The lowest BCUT2D eigenvalue weighted by molar-refractivity contribution is -0.145. The van der Waals surface area contributed by atoms with Crippen molar-refractivity contribution in [3.63, 3.8) is 0 Å². The molecule has 25 heavy (non-hydrogen) atoms. The van der Waals surface area contributed by atoms with Gasteiger partial charge in [-0.25, -0.2) is 4.79 Å². The standard InChI is InChI=1S/C19H18ClNO4/c1-4-14(19(22)23)24-15-9-8-13-17(21-25-18(13)16(15)20)12-7-5-6-10(2)11(12)3/h5-9,14H,4H2,1-3H3,(H,22,23). The van der Waals surface area contributed by atoms with Crippen molar-refractivity contribution in [2.75, 3.05) is 0 Å². The summed E-state index contributed by atoms with van der Waals surface area (Å²) >= 11 is 6.37. The minimum Gasteiger partial charge on any atom is -0.479 e. The number of aromatic nitrogens is 1. The van der Waals surface area contributed by atoms with Gasteiger partial charge in [0, 0.05) is 5.56 Å². The Morgan fingerprint density at radius 2 is 2.08 bits per heavy atom. The molecule has 1 atom stereocenters. The number of nitrogens with zero attached hydrogens (tertiary/aromatic N) is 1. The van der Waals surface area contributed by atoms with E-state index in [1.165, 1.54) is 0 Å². The second-order valence-corrected chi connectivity index (χ2v) is 6.26. The maximum atomic E-state index is 11.2. The summed E-state index contributed by atoms with van der Waals surface area (Å²) in [5.74, 6) is -0.764. The lowest BCUT2D eigenvalue weighted by Gasteiger charge is -2.14. The normalized spacial score (nSPS) is 12.3. The number of benzene rings is 2. The van der Waals surface area contributed by atoms with Crippen LogP contribution >= 0.6 is 11.6 Å². The third kappa shape index (κ3) is 3.07. The molecule has 2 aromatic carbocycles. The molecule has 1 unspecified atom stereocenters. The fourth-order valence-corrected chi connectivity index (χ4v) is 2.95. The molecule has 1 N–H and O–H groups in total. The summed E-state index contributed by atoms with van der Waals surface area (Å²) in [7, 11) is 0. The van der Waals surface area contributed by atoms with Gasteiger partial charge in [-0.1, -0.05) is 41.9 Å². The summed E-state index contributed by atoms with van der Waals surface area (Å²) in [6.07, 6.45) is -0.634. The first kappa shape index (κ1) is 17.3. The molecule has 1 aromatic heterocycles. The molecule has 3 rings (SSSR count).